The minimum Gasteiger partial charge on any atom is -0.480 e. The van der Waals surface area contributed by atoms with Gasteiger partial charge in [-0.3, -0.25) is 4.79 Å². The number of carbonyl (C=O) groups excluding carboxylic acids is 1. The molecule has 25 heavy (non-hydrogen) atoms. The van der Waals surface area contributed by atoms with Crippen molar-refractivity contribution in [3.05, 3.63) is 58.6 Å². The molecule has 0 aliphatic carbocycles. The number of halogens is 1. The number of carboxylic acid groups (broad SMARTS) is 1. The van der Waals surface area contributed by atoms with Gasteiger partial charge in [-0.05, 0) is 36.8 Å². The number of amides is 1. The number of hydrogen-bond acceptors (Lipinski definition) is 3. The number of benzene rings is 2. The standard InChI is InChI=1S/C19H16ClNO4/c1-2-21-16-6-4-3-5-13(16)14(19(21)24)9-12-7-8-17(15(20)10-12)25-11-18(22)23/h3-10H,2,11H2,1H3,(H,22,23)/b14-9-. The summed E-state index contributed by atoms with van der Waals surface area (Å²) in [6.07, 6.45) is 1.78. The third-order valence-corrected chi connectivity index (χ3v) is 4.19. The number of hydrogen-bond donors (Lipinski definition) is 1. The van der Waals surface area contributed by atoms with Gasteiger partial charge in [-0.15, -0.1) is 0 Å². The maximum absolute atomic E-state index is 12.7. The maximum atomic E-state index is 12.7. The second-order valence-electron chi connectivity index (χ2n) is 5.50. The Labute approximate surface area is 150 Å². The van der Waals surface area contributed by atoms with Crippen LogP contribution < -0.4 is 9.64 Å². The minimum atomic E-state index is -1.07. The Kier molecular flexibility index (Phi) is 4.76. The van der Waals surface area contributed by atoms with E-state index in [1.165, 1.54) is 0 Å². The van der Waals surface area contributed by atoms with Crippen LogP contribution in [0.2, 0.25) is 5.02 Å². The molecule has 3 rings (SSSR count). The molecule has 1 aliphatic heterocycles. The van der Waals surface area contributed by atoms with Gasteiger partial charge in [-0.2, -0.15) is 0 Å². The Hall–Kier alpha value is -2.79. The van der Waals surface area contributed by atoms with Crippen LogP contribution in [0.4, 0.5) is 5.69 Å². The lowest BCUT2D eigenvalue weighted by molar-refractivity contribution is -0.139. The number of anilines is 1. The van der Waals surface area contributed by atoms with Crippen molar-refractivity contribution >= 4 is 40.8 Å². The Bertz CT molecular complexity index is 875. The van der Waals surface area contributed by atoms with E-state index in [2.05, 4.69) is 0 Å². The molecule has 5 nitrogen and oxygen atoms in total. The highest BCUT2D eigenvalue weighted by molar-refractivity contribution is 6.36. The number of aliphatic carboxylic acids is 1. The van der Waals surface area contributed by atoms with Crippen LogP contribution in [0.3, 0.4) is 0 Å². The first-order valence-electron chi connectivity index (χ1n) is 7.78. The quantitative estimate of drug-likeness (QED) is 0.828. The molecule has 0 bridgehead atoms. The molecule has 0 radical (unpaired) electrons. The second-order valence-corrected chi connectivity index (χ2v) is 5.90. The van der Waals surface area contributed by atoms with Crippen molar-refractivity contribution in [2.75, 3.05) is 18.1 Å². The van der Waals surface area contributed by atoms with Gasteiger partial charge in [0.1, 0.15) is 5.75 Å². The highest BCUT2D eigenvalue weighted by atomic mass is 35.5. The lowest BCUT2D eigenvalue weighted by Crippen LogP contribution is -2.25. The second kappa shape index (κ2) is 6.99. The SMILES string of the molecule is CCN1C(=O)/C(=C\c2ccc(OCC(=O)O)c(Cl)c2)c2ccccc21. The molecule has 1 amide bonds. The number of nitrogens with zero attached hydrogens (tertiary/aromatic N) is 1. The van der Waals surface area contributed by atoms with Gasteiger partial charge in [0.2, 0.25) is 0 Å². The molecule has 0 unspecified atom stereocenters. The van der Waals surface area contributed by atoms with Gasteiger partial charge >= 0.3 is 5.97 Å². The summed E-state index contributed by atoms with van der Waals surface area (Å²) < 4.78 is 5.11. The third kappa shape index (κ3) is 3.37. The van der Waals surface area contributed by atoms with E-state index in [0.29, 0.717) is 22.9 Å². The fourth-order valence-electron chi connectivity index (χ4n) is 2.79. The third-order valence-electron chi connectivity index (χ3n) is 3.89. The van der Waals surface area contributed by atoms with Crippen molar-refractivity contribution in [2.24, 2.45) is 0 Å². The summed E-state index contributed by atoms with van der Waals surface area (Å²) in [6, 6.07) is 12.6. The van der Waals surface area contributed by atoms with Crippen LogP contribution in [0.1, 0.15) is 18.1 Å². The van der Waals surface area contributed by atoms with Gasteiger partial charge in [0.05, 0.1) is 10.7 Å². The van der Waals surface area contributed by atoms with Crippen molar-refractivity contribution in [3.8, 4) is 5.75 Å². The minimum absolute atomic E-state index is 0.0500. The van der Waals surface area contributed by atoms with Crippen molar-refractivity contribution in [1.82, 2.24) is 0 Å². The molecule has 0 saturated carbocycles. The van der Waals surface area contributed by atoms with Crippen molar-refractivity contribution < 1.29 is 19.4 Å². The molecule has 0 fully saturated rings. The zero-order chi connectivity index (χ0) is 18.0. The highest BCUT2D eigenvalue weighted by Crippen LogP contribution is 2.38. The first-order valence-corrected chi connectivity index (χ1v) is 8.16. The number of likely N-dealkylation sites (N-methyl/N-ethyl adjacent to an activating group) is 1. The van der Waals surface area contributed by atoms with Crippen LogP contribution in [-0.4, -0.2) is 30.1 Å². The number of carboxylic acids is 1. The molecule has 2 aromatic rings. The summed E-state index contributed by atoms with van der Waals surface area (Å²) in [7, 11) is 0. The molecule has 1 heterocycles. The number of ether oxygens (including phenoxy) is 1. The first-order chi connectivity index (χ1) is 12.0. The molecular formula is C19H16ClNO4. The lowest BCUT2D eigenvalue weighted by atomic mass is 10.0. The Morgan fingerprint density at radius 2 is 2.04 bits per heavy atom. The summed E-state index contributed by atoms with van der Waals surface area (Å²) in [5.41, 5.74) is 3.13. The van der Waals surface area contributed by atoms with E-state index in [-0.39, 0.29) is 5.91 Å². The van der Waals surface area contributed by atoms with Crippen LogP contribution in [0, 0.1) is 0 Å². The average molecular weight is 358 g/mol. The Morgan fingerprint density at radius 1 is 1.28 bits per heavy atom. The summed E-state index contributed by atoms with van der Waals surface area (Å²) in [5, 5.41) is 8.95. The zero-order valence-electron chi connectivity index (χ0n) is 13.5. The van der Waals surface area contributed by atoms with E-state index < -0.39 is 12.6 Å². The van der Waals surface area contributed by atoms with E-state index in [1.54, 1.807) is 29.2 Å². The fourth-order valence-corrected chi connectivity index (χ4v) is 3.03. The van der Waals surface area contributed by atoms with Crippen molar-refractivity contribution in [1.29, 1.82) is 0 Å². The molecular weight excluding hydrogens is 342 g/mol. The normalized spacial score (nSPS) is 14.7. The molecule has 1 N–H and O–H groups in total. The van der Waals surface area contributed by atoms with E-state index in [0.717, 1.165) is 16.8 Å². The monoisotopic (exact) mass is 357 g/mol. The van der Waals surface area contributed by atoms with E-state index in [1.807, 2.05) is 31.2 Å². The van der Waals surface area contributed by atoms with E-state index in [9.17, 15) is 9.59 Å². The van der Waals surface area contributed by atoms with Crippen molar-refractivity contribution in [2.45, 2.75) is 6.92 Å². The van der Waals surface area contributed by atoms with Crippen LogP contribution in [0.15, 0.2) is 42.5 Å². The van der Waals surface area contributed by atoms with Gasteiger partial charge in [0, 0.05) is 17.7 Å². The number of para-hydroxylation sites is 1. The predicted molar refractivity (Wildman–Crippen MR) is 96.9 cm³/mol. The van der Waals surface area contributed by atoms with Gasteiger partial charge in [-0.1, -0.05) is 35.9 Å². The number of carbonyl (C=O) groups is 2. The average Bonchev–Trinajstić information content (AvgIpc) is 2.85. The smallest absolute Gasteiger partial charge is 0.341 e. The van der Waals surface area contributed by atoms with Crippen LogP contribution in [-0.2, 0) is 9.59 Å². The van der Waals surface area contributed by atoms with E-state index in [4.69, 9.17) is 21.4 Å². The van der Waals surface area contributed by atoms with Crippen molar-refractivity contribution in [3.63, 3.8) is 0 Å². The zero-order valence-corrected chi connectivity index (χ0v) is 14.3. The van der Waals surface area contributed by atoms with Gasteiger partial charge in [0.15, 0.2) is 6.61 Å². The Morgan fingerprint density at radius 3 is 2.72 bits per heavy atom. The van der Waals surface area contributed by atoms with Gasteiger partial charge in [0.25, 0.3) is 5.91 Å². The molecule has 128 valence electrons. The summed E-state index contributed by atoms with van der Waals surface area (Å²) in [6.45, 7) is 2.07. The number of rotatable bonds is 5. The van der Waals surface area contributed by atoms with Crippen LogP contribution in [0.5, 0.6) is 5.75 Å². The predicted octanol–water partition coefficient (Wildman–Crippen LogP) is 3.71. The van der Waals surface area contributed by atoms with Crippen LogP contribution in [0.25, 0.3) is 11.6 Å². The molecule has 1 aliphatic rings. The summed E-state index contributed by atoms with van der Waals surface area (Å²) >= 11 is 6.15. The number of fused-ring (bicyclic) bond motifs is 1. The van der Waals surface area contributed by atoms with Gasteiger partial charge < -0.3 is 14.7 Å². The topological polar surface area (TPSA) is 66.8 Å². The van der Waals surface area contributed by atoms with E-state index >= 15 is 0 Å². The molecule has 0 saturated heterocycles. The molecule has 6 heteroatoms. The molecule has 0 atom stereocenters. The maximum Gasteiger partial charge on any atom is 0.341 e. The summed E-state index contributed by atoms with van der Waals surface area (Å²) in [5.74, 6) is -0.833. The van der Waals surface area contributed by atoms with Crippen LogP contribution >= 0.6 is 11.6 Å². The summed E-state index contributed by atoms with van der Waals surface area (Å²) in [4.78, 5) is 25.0. The largest absolute Gasteiger partial charge is 0.480 e. The molecule has 0 spiro atoms. The highest BCUT2D eigenvalue weighted by Gasteiger charge is 2.30. The molecule has 2 aromatic carbocycles. The van der Waals surface area contributed by atoms with Gasteiger partial charge in [-0.25, -0.2) is 4.79 Å². The molecule has 0 aromatic heterocycles. The Balaban J connectivity index is 1.94. The first kappa shape index (κ1) is 17.0. The lowest BCUT2D eigenvalue weighted by Gasteiger charge is -2.13. The fraction of sp³-hybridized carbons (Fsp3) is 0.158.